The van der Waals surface area contributed by atoms with E-state index >= 15 is 0 Å². The van der Waals surface area contributed by atoms with Crippen molar-refractivity contribution in [2.24, 2.45) is 0 Å². The van der Waals surface area contributed by atoms with Crippen molar-refractivity contribution in [3.63, 3.8) is 0 Å². The fourth-order valence-corrected chi connectivity index (χ4v) is 4.53. The summed E-state index contributed by atoms with van der Waals surface area (Å²) in [7, 11) is -3.33. The minimum absolute atomic E-state index is 0.226. The molecule has 1 aromatic carbocycles. The molecule has 2 amide bonds. The van der Waals surface area contributed by atoms with Gasteiger partial charge in [0.1, 0.15) is 0 Å². The van der Waals surface area contributed by atoms with Crippen LogP contribution in [-0.4, -0.2) is 50.5 Å². The Morgan fingerprint density at radius 1 is 1.22 bits per heavy atom. The van der Waals surface area contributed by atoms with Crippen LogP contribution in [0.2, 0.25) is 0 Å². The standard InChI is InChI=1S/C18H21N3O4S2/c1-27(24,25)20-14-5-4-9-21(11-14)18(23)15-6-2-3-7-16(15)19-17(22)13-8-10-26-12-13/h2-3,6-8,10,12,14,20H,4-5,9,11H2,1H3,(H,19,22). The lowest BCUT2D eigenvalue weighted by molar-refractivity contribution is 0.0704. The first kappa shape index (κ1) is 19.5. The second-order valence-corrected chi connectivity index (χ2v) is 9.05. The molecule has 0 saturated carbocycles. The third kappa shape index (κ3) is 5.15. The van der Waals surface area contributed by atoms with E-state index in [1.54, 1.807) is 40.6 Å². The normalized spacial score (nSPS) is 17.5. The summed E-state index contributed by atoms with van der Waals surface area (Å²) >= 11 is 1.42. The summed E-state index contributed by atoms with van der Waals surface area (Å²) in [6.45, 7) is 0.853. The summed E-state index contributed by atoms with van der Waals surface area (Å²) in [6, 6.07) is 8.27. The zero-order chi connectivity index (χ0) is 19.4. The van der Waals surface area contributed by atoms with E-state index in [2.05, 4.69) is 10.0 Å². The number of rotatable bonds is 5. The van der Waals surface area contributed by atoms with Gasteiger partial charge in [0.05, 0.1) is 23.1 Å². The Morgan fingerprint density at radius 2 is 2.00 bits per heavy atom. The fraction of sp³-hybridized carbons (Fsp3) is 0.333. The molecule has 0 spiro atoms. The Balaban J connectivity index is 1.76. The van der Waals surface area contributed by atoms with Gasteiger partial charge >= 0.3 is 0 Å². The number of carbonyl (C=O) groups is 2. The molecular formula is C18H21N3O4S2. The van der Waals surface area contributed by atoms with Gasteiger partial charge in [0.15, 0.2) is 0 Å². The maximum Gasteiger partial charge on any atom is 0.256 e. The first-order chi connectivity index (χ1) is 12.8. The van der Waals surface area contributed by atoms with Gasteiger partial charge in [-0.25, -0.2) is 13.1 Å². The molecule has 144 valence electrons. The number of hydrogen-bond donors (Lipinski definition) is 2. The molecule has 1 aliphatic rings. The Labute approximate surface area is 162 Å². The quantitative estimate of drug-likeness (QED) is 0.794. The predicted octanol–water partition coefficient (Wildman–Crippen LogP) is 2.15. The molecule has 1 aliphatic heterocycles. The lowest BCUT2D eigenvalue weighted by Crippen LogP contribution is -2.49. The Morgan fingerprint density at radius 3 is 2.70 bits per heavy atom. The average molecular weight is 408 g/mol. The van der Waals surface area contributed by atoms with Crippen molar-refractivity contribution in [3.8, 4) is 0 Å². The number of piperidine rings is 1. The van der Waals surface area contributed by atoms with Crippen molar-refractivity contribution in [2.75, 3.05) is 24.7 Å². The molecule has 2 aromatic rings. The molecule has 1 atom stereocenters. The van der Waals surface area contributed by atoms with Gasteiger partial charge < -0.3 is 10.2 Å². The van der Waals surface area contributed by atoms with E-state index in [-0.39, 0.29) is 17.9 Å². The van der Waals surface area contributed by atoms with E-state index in [1.807, 2.05) is 5.38 Å². The van der Waals surface area contributed by atoms with Crippen molar-refractivity contribution in [3.05, 3.63) is 52.2 Å². The highest BCUT2D eigenvalue weighted by molar-refractivity contribution is 7.88. The SMILES string of the molecule is CS(=O)(=O)NC1CCCN(C(=O)c2ccccc2NC(=O)c2ccsc2)C1. The van der Waals surface area contributed by atoms with Crippen LogP contribution in [0, 0.1) is 0 Å². The third-order valence-corrected chi connectivity index (χ3v) is 5.72. The molecule has 0 aliphatic carbocycles. The summed E-state index contributed by atoms with van der Waals surface area (Å²) in [5.74, 6) is -0.497. The second kappa shape index (κ2) is 8.20. The van der Waals surface area contributed by atoms with Crippen molar-refractivity contribution < 1.29 is 18.0 Å². The van der Waals surface area contributed by atoms with Crippen LogP contribution in [0.1, 0.15) is 33.6 Å². The van der Waals surface area contributed by atoms with Crippen LogP contribution < -0.4 is 10.0 Å². The van der Waals surface area contributed by atoms with Gasteiger partial charge in [-0.2, -0.15) is 11.3 Å². The first-order valence-corrected chi connectivity index (χ1v) is 11.4. The van der Waals surface area contributed by atoms with Gasteiger partial charge in [0, 0.05) is 24.5 Å². The number of sulfonamides is 1. The molecule has 27 heavy (non-hydrogen) atoms. The number of carbonyl (C=O) groups excluding carboxylic acids is 2. The lowest BCUT2D eigenvalue weighted by atomic mass is 10.0. The van der Waals surface area contributed by atoms with Crippen molar-refractivity contribution in [1.82, 2.24) is 9.62 Å². The minimum Gasteiger partial charge on any atom is -0.337 e. The molecule has 3 rings (SSSR count). The predicted molar refractivity (Wildman–Crippen MR) is 106 cm³/mol. The summed E-state index contributed by atoms with van der Waals surface area (Å²) < 4.78 is 25.5. The zero-order valence-electron chi connectivity index (χ0n) is 14.8. The highest BCUT2D eigenvalue weighted by Gasteiger charge is 2.27. The molecule has 1 unspecified atom stereocenters. The molecule has 1 aromatic heterocycles. The zero-order valence-corrected chi connectivity index (χ0v) is 16.5. The van der Waals surface area contributed by atoms with Crippen LogP contribution in [0.15, 0.2) is 41.1 Å². The van der Waals surface area contributed by atoms with Crippen molar-refractivity contribution in [2.45, 2.75) is 18.9 Å². The maximum absolute atomic E-state index is 13.0. The van der Waals surface area contributed by atoms with Gasteiger partial charge in [-0.15, -0.1) is 0 Å². The van der Waals surface area contributed by atoms with Gasteiger partial charge in [0.25, 0.3) is 11.8 Å². The van der Waals surface area contributed by atoms with E-state index in [9.17, 15) is 18.0 Å². The Kier molecular flexibility index (Phi) is 5.93. The number of nitrogens with one attached hydrogen (secondary N) is 2. The molecule has 7 nitrogen and oxygen atoms in total. The van der Waals surface area contributed by atoms with Crippen LogP contribution in [0.4, 0.5) is 5.69 Å². The van der Waals surface area contributed by atoms with Crippen molar-refractivity contribution in [1.29, 1.82) is 0 Å². The first-order valence-electron chi connectivity index (χ1n) is 8.52. The number of amides is 2. The van der Waals surface area contributed by atoms with Crippen LogP contribution in [0.25, 0.3) is 0 Å². The van der Waals surface area contributed by atoms with E-state index in [4.69, 9.17) is 0 Å². The number of hydrogen-bond acceptors (Lipinski definition) is 5. The van der Waals surface area contributed by atoms with E-state index in [0.717, 1.165) is 6.26 Å². The highest BCUT2D eigenvalue weighted by atomic mass is 32.2. The Bertz CT molecular complexity index is 926. The van der Waals surface area contributed by atoms with Crippen LogP contribution in [-0.2, 0) is 10.0 Å². The summed E-state index contributed by atoms with van der Waals surface area (Å²) in [4.78, 5) is 27.0. The topological polar surface area (TPSA) is 95.6 Å². The van der Waals surface area contributed by atoms with Gasteiger partial charge in [-0.1, -0.05) is 12.1 Å². The largest absolute Gasteiger partial charge is 0.337 e. The Hall–Kier alpha value is -2.23. The number of para-hydroxylation sites is 1. The summed E-state index contributed by atoms with van der Waals surface area (Å²) in [5, 5.41) is 6.35. The molecular weight excluding hydrogens is 386 g/mol. The second-order valence-electron chi connectivity index (χ2n) is 6.49. The third-order valence-electron chi connectivity index (χ3n) is 4.28. The molecule has 2 heterocycles. The van der Waals surface area contributed by atoms with Gasteiger partial charge in [-0.05, 0) is 36.4 Å². The van der Waals surface area contributed by atoms with Gasteiger partial charge in [-0.3, -0.25) is 9.59 Å². The number of nitrogens with zero attached hydrogens (tertiary/aromatic N) is 1. The average Bonchev–Trinajstić information content (AvgIpc) is 3.15. The van der Waals surface area contributed by atoms with E-state index in [1.165, 1.54) is 11.3 Å². The van der Waals surface area contributed by atoms with E-state index < -0.39 is 10.0 Å². The molecule has 1 saturated heterocycles. The molecule has 0 radical (unpaired) electrons. The molecule has 0 bridgehead atoms. The minimum atomic E-state index is -3.33. The van der Waals surface area contributed by atoms with Gasteiger partial charge in [0.2, 0.25) is 10.0 Å². The van der Waals surface area contributed by atoms with Crippen molar-refractivity contribution >= 4 is 38.9 Å². The van der Waals surface area contributed by atoms with Crippen LogP contribution in [0.5, 0.6) is 0 Å². The number of benzene rings is 1. The van der Waals surface area contributed by atoms with Crippen LogP contribution >= 0.6 is 11.3 Å². The summed E-state index contributed by atoms with van der Waals surface area (Å²) in [5.41, 5.74) is 1.37. The molecule has 2 N–H and O–H groups in total. The number of thiophene rings is 1. The molecule has 1 fully saturated rings. The smallest absolute Gasteiger partial charge is 0.256 e. The van der Waals surface area contributed by atoms with E-state index in [0.29, 0.717) is 42.7 Å². The fourth-order valence-electron chi connectivity index (χ4n) is 3.10. The number of anilines is 1. The van der Waals surface area contributed by atoms with Crippen LogP contribution in [0.3, 0.4) is 0 Å². The molecule has 9 heteroatoms. The lowest BCUT2D eigenvalue weighted by Gasteiger charge is -2.33. The maximum atomic E-state index is 13.0. The summed E-state index contributed by atoms with van der Waals surface area (Å²) in [6.07, 6.45) is 2.51. The number of likely N-dealkylation sites (tertiary alicyclic amines) is 1. The monoisotopic (exact) mass is 407 g/mol. The highest BCUT2D eigenvalue weighted by Crippen LogP contribution is 2.21.